The van der Waals surface area contributed by atoms with Crippen molar-refractivity contribution >= 4 is 10.2 Å². The molecule has 2 rings (SSSR count). The van der Waals surface area contributed by atoms with E-state index in [9.17, 15) is 8.42 Å². The molecular formula is C10H20N2O3S. The predicted molar refractivity (Wildman–Crippen MR) is 61.3 cm³/mol. The van der Waals surface area contributed by atoms with Crippen molar-refractivity contribution in [2.75, 3.05) is 40.4 Å². The highest BCUT2D eigenvalue weighted by Crippen LogP contribution is 2.39. The summed E-state index contributed by atoms with van der Waals surface area (Å²) in [5, 5.41) is 0. The van der Waals surface area contributed by atoms with E-state index in [1.54, 1.807) is 18.4 Å². The van der Waals surface area contributed by atoms with Crippen LogP contribution < -0.4 is 0 Å². The van der Waals surface area contributed by atoms with Crippen LogP contribution in [0.4, 0.5) is 0 Å². The first-order chi connectivity index (χ1) is 7.46. The van der Waals surface area contributed by atoms with Gasteiger partial charge in [-0.1, -0.05) is 0 Å². The highest BCUT2D eigenvalue weighted by atomic mass is 32.2. The SMILES string of the molecule is CN(C)S(=O)(=O)N1CC[C@]2(CCCOC2)C1. The lowest BCUT2D eigenvalue weighted by atomic mass is 9.82. The van der Waals surface area contributed by atoms with Gasteiger partial charge in [0.15, 0.2) is 0 Å². The maximum Gasteiger partial charge on any atom is 0.281 e. The Balaban J connectivity index is 2.08. The van der Waals surface area contributed by atoms with Crippen LogP contribution in [-0.4, -0.2) is 57.4 Å². The lowest BCUT2D eigenvalue weighted by molar-refractivity contribution is 0.000773. The van der Waals surface area contributed by atoms with Gasteiger partial charge in [0.2, 0.25) is 0 Å². The summed E-state index contributed by atoms with van der Waals surface area (Å²) in [5.41, 5.74) is 0.0847. The van der Waals surface area contributed by atoms with Crippen molar-refractivity contribution < 1.29 is 13.2 Å². The van der Waals surface area contributed by atoms with E-state index in [2.05, 4.69) is 0 Å². The van der Waals surface area contributed by atoms with Crippen molar-refractivity contribution in [2.24, 2.45) is 5.41 Å². The van der Waals surface area contributed by atoms with Crippen LogP contribution >= 0.6 is 0 Å². The van der Waals surface area contributed by atoms with E-state index in [0.29, 0.717) is 19.7 Å². The lowest BCUT2D eigenvalue weighted by Crippen LogP contribution is -2.41. The van der Waals surface area contributed by atoms with Crippen LogP contribution in [-0.2, 0) is 14.9 Å². The Morgan fingerprint density at radius 1 is 1.31 bits per heavy atom. The summed E-state index contributed by atoms with van der Waals surface area (Å²) in [5.74, 6) is 0. The van der Waals surface area contributed by atoms with Crippen molar-refractivity contribution in [2.45, 2.75) is 19.3 Å². The zero-order valence-electron chi connectivity index (χ0n) is 9.98. The first-order valence-corrected chi connectivity index (χ1v) is 7.11. The van der Waals surface area contributed by atoms with Gasteiger partial charge in [-0.2, -0.15) is 17.0 Å². The molecule has 1 spiro atoms. The van der Waals surface area contributed by atoms with Crippen LogP contribution in [0.25, 0.3) is 0 Å². The van der Waals surface area contributed by atoms with Gasteiger partial charge in [0.25, 0.3) is 10.2 Å². The Morgan fingerprint density at radius 3 is 2.62 bits per heavy atom. The minimum Gasteiger partial charge on any atom is -0.381 e. The fraction of sp³-hybridized carbons (Fsp3) is 1.00. The first kappa shape index (κ1) is 12.3. The maximum atomic E-state index is 12.0. The molecular weight excluding hydrogens is 228 g/mol. The second kappa shape index (κ2) is 4.25. The Hall–Kier alpha value is -0.170. The van der Waals surface area contributed by atoms with Gasteiger partial charge in [0.1, 0.15) is 0 Å². The lowest BCUT2D eigenvalue weighted by Gasteiger charge is -2.33. The molecule has 6 heteroatoms. The topological polar surface area (TPSA) is 49.9 Å². The van der Waals surface area contributed by atoms with E-state index in [1.165, 1.54) is 4.31 Å². The molecule has 1 atom stereocenters. The van der Waals surface area contributed by atoms with Gasteiger partial charge < -0.3 is 4.74 Å². The number of ether oxygens (including phenoxy) is 1. The Labute approximate surface area is 97.5 Å². The zero-order valence-corrected chi connectivity index (χ0v) is 10.8. The molecule has 2 aliphatic heterocycles. The van der Waals surface area contributed by atoms with Crippen LogP contribution in [0.5, 0.6) is 0 Å². The number of hydrogen-bond donors (Lipinski definition) is 0. The fourth-order valence-corrected chi connectivity index (χ4v) is 3.77. The van der Waals surface area contributed by atoms with E-state index in [1.807, 2.05) is 0 Å². The molecule has 0 unspecified atom stereocenters. The average molecular weight is 248 g/mol. The predicted octanol–water partition coefficient (Wildman–Crippen LogP) is 0.295. The van der Waals surface area contributed by atoms with E-state index in [0.717, 1.165) is 25.9 Å². The van der Waals surface area contributed by atoms with E-state index < -0.39 is 10.2 Å². The van der Waals surface area contributed by atoms with Gasteiger partial charge in [-0.25, -0.2) is 0 Å². The third-order valence-corrected chi connectivity index (χ3v) is 5.48. The summed E-state index contributed by atoms with van der Waals surface area (Å²) in [7, 11) is -0.0788. The summed E-state index contributed by atoms with van der Waals surface area (Å²) >= 11 is 0. The van der Waals surface area contributed by atoms with Crippen molar-refractivity contribution in [1.29, 1.82) is 0 Å². The second-order valence-electron chi connectivity index (χ2n) is 5.03. The van der Waals surface area contributed by atoms with Crippen molar-refractivity contribution in [3.63, 3.8) is 0 Å². The van der Waals surface area contributed by atoms with E-state index in [-0.39, 0.29) is 5.41 Å². The Kier molecular flexibility index (Phi) is 3.27. The highest BCUT2D eigenvalue weighted by molar-refractivity contribution is 7.86. The van der Waals surface area contributed by atoms with Crippen molar-refractivity contribution in [3.05, 3.63) is 0 Å². The van der Waals surface area contributed by atoms with Crippen LogP contribution in [0, 0.1) is 5.41 Å². The standard InChI is InChI=1S/C10H20N2O3S/c1-11(2)16(13,14)12-6-5-10(8-12)4-3-7-15-9-10/h3-9H2,1-2H3/t10-/m1/s1. The van der Waals surface area contributed by atoms with Gasteiger partial charge in [-0.15, -0.1) is 0 Å². The molecule has 0 saturated carbocycles. The third kappa shape index (κ3) is 2.11. The molecule has 0 radical (unpaired) electrons. The van der Waals surface area contributed by atoms with E-state index >= 15 is 0 Å². The first-order valence-electron chi connectivity index (χ1n) is 5.72. The van der Waals surface area contributed by atoms with Gasteiger partial charge in [-0.3, -0.25) is 0 Å². The Morgan fingerprint density at radius 2 is 2.06 bits per heavy atom. The summed E-state index contributed by atoms with van der Waals surface area (Å²) in [4.78, 5) is 0. The third-order valence-electron chi connectivity index (χ3n) is 3.60. The fourth-order valence-electron chi connectivity index (χ4n) is 2.55. The van der Waals surface area contributed by atoms with Crippen LogP contribution in [0.2, 0.25) is 0 Å². The number of rotatable bonds is 2. The molecule has 2 aliphatic rings. The molecule has 5 nitrogen and oxygen atoms in total. The Bertz CT molecular complexity index is 347. The summed E-state index contributed by atoms with van der Waals surface area (Å²) in [6.45, 7) is 2.78. The molecule has 0 aromatic carbocycles. The largest absolute Gasteiger partial charge is 0.381 e. The summed E-state index contributed by atoms with van der Waals surface area (Å²) in [6, 6.07) is 0. The average Bonchev–Trinajstić information content (AvgIpc) is 2.64. The minimum atomic E-state index is -3.24. The molecule has 16 heavy (non-hydrogen) atoms. The summed E-state index contributed by atoms with van der Waals surface area (Å²) < 4.78 is 32.3. The molecule has 0 amide bonds. The van der Waals surface area contributed by atoms with Crippen LogP contribution in [0.1, 0.15) is 19.3 Å². The normalized spacial score (nSPS) is 32.7. The second-order valence-corrected chi connectivity index (χ2v) is 7.17. The van der Waals surface area contributed by atoms with E-state index in [4.69, 9.17) is 4.74 Å². The van der Waals surface area contributed by atoms with Crippen molar-refractivity contribution in [1.82, 2.24) is 8.61 Å². The van der Waals surface area contributed by atoms with Gasteiger partial charge in [-0.05, 0) is 19.3 Å². The molecule has 2 fully saturated rings. The summed E-state index contributed by atoms with van der Waals surface area (Å²) in [6.07, 6.45) is 3.07. The molecule has 2 saturated heterocycles. The van der Waals surface area contributed by atoms with Gasteiger partial charge in [0.05, 0.1) is 6.61 Å². The maximum absolute atomic E-state index is 12.0. The molecule has 0 aliphatic carbocycles. The number of hydrogen-bond acceptors (Lipinski definition) is 3. The number of nitrogens with zero attached hydrogens (tertiary/aromatic N) is 2. The zero-order chi connectivity index (χ0) is 11.8. The molecule has 0 bridgehead atoms. The monoisotopic (exact) mass is 248 g/mol. The highest BCUT2D eigenvalue weighted by Gasteiger charge is 2.44. The molecule has 0 N–H and O–H groups in total. The van der Waals surface area contributed by atoms with Crippen LogP contribution in [0.15, 0.2) is 0 Å². The molecule has 0 aromatic heterocycles. The van der Waals surface area contributed by atoms with Crippen molar-refractivity contribution in [3.8, 4) is 0 Å². The minimum absolute atomic E-state index is 0.0847. The molecule has 2 heterocycles. The smallest absolute Gasteiger partial charge is 0.281 e. The molecule has 94 valence electrons. The van der Waals surface area contributed by atoms with Gasteiger partial charge >= 0.3 is 0 Å². The quantitative estimate of drug-likeness (QED) is 0.706. The van der Waals surface area contributed by atoms with Crippen LogP contribution in [0.3, 0.4) is 0 Å². The van der Waals surface area contributed by atoms with Gasteiger partial charge in [0, 0.05) is 39.2 Å². The molecule has 0 aromatic rings.